The molecular formula is C25H37N5O2S. The van der Waals surface area contributed by atoms with Crippen molar-refractivity contribution in [2.24, 2.45) is 11.8 Å². The molecule has 2 unspecified atom stereocenters. The molecule has 0 aliphatic carbocycles. The second-order valence-electron chi connectivity index (χ2n) is 9.68. The van der Waals surface area contributed by atoms with Crippen molar-refractivity contribution in [1.82, 2.24) is 20.2 Å². The summed E-state index contributed by atoms with van der Waals surface area (Å²) in [5, 5.41) is 4.22. The van der Waals surface area contributed by atoms with Crippen LogP contribution < -0.4 is 10.2 Å². The Hall–Kier alpha value is -2.22. The molecule has 1 N–H and O–H groups in total. The van der Waals surface area contributed by atoms with E-state index in [9.17, 15) is 9.59 Å². The maximum Gasteiger partial charge on any atom is 0.226 e. The average Bonchev–Trinajstić information content (AvgIpc) is 3.12. The summed E-state index contributed by atoms with van der Waals surface area (Å²) in [6.45, 7) is 11.4. The Morgan fingerprint density at radius 1 is 1.12 bits per heavy atom. The normalized spacial score (nSPS) is 22.1. The molecule has 8 heteroatoms. The Morgan fingerprint density at radius 2 is 1.88 bits per heavy atom. The van der Waals surface area contributed by atoms with Crippen molar-refractivity contribution in [3.63, 3.8) is 0 Å². The standard InChI is InChI=1S/C25H37N5O2S/c1-5-6-11-26-23(31)20-8-7-16(2)30(14-20)25(32)19-9-12-29(13-10-19)22-21-17(3)18(4)33-24(21)28-15-27-22/h15-16,19-20H,5-14H2,1-4H3,(H,26,31). The number of unbranched alkanes of at least 4 members (excludes halogenated alkanes) is 1. The summed E-state index contributed by atoms with van der Waals surface area (Å²) in [5.41, 5.74) is 1.26. The third kappa shape index (κ3) is 5.00. The summed E-state index contributed by atoms with van der Waals surface area (Å²) in [6.07, 6.45) is 7.13. The van der Waals surface area contributed by atoms with Crippen molar-refractivity contribution in [2.75, 3.05) is 31.1 Å². The van der Waals surface area contributed by atoms with Gasteiger partial charge in [-0.05, 0) is 58.4 Å². The van der Waals surface area contributed by atoms with Gasteiger partial charge in [0.15, 0.2) is 0 Å². The van der Waals surface area contributed by atoms with E-state index < -0.39 is 0 Å². The van der Waals surface area contributed by atoms with Crippen LogP contribution in [0.1, 0.15) is 62.8 Å². The summed E-state index contributed by atoms with van der Waals surface area (Å²) in [4.78, 5) is 41.8. The highest BCUT2D eigenvalue weighted by atomic mass is 32.1. The fourth-order valence-electron chi connectivity index (χ4n) is 5.14. The second kappa shape index (κ2) is 10.4. The minimum atomic E-state index is -0.0822. The van der Waals surface area contributed by atoms with Gasteiger partial charge in [0, 0.05) is 43.0 Å². The lowest BCUT2D eigenvalue weighted by Crippen LogP contribution is -2.52. The van der Waals surface area contributed by atoms with E-state index in [1.54, 1.807) is 17.7 Å². The first-order valence-corrected chi connectivity index (χ1v) is 13.3. The molecule has 2 amide bonds. The Balaban J connectivity index is 1.38. The Morgan fingerprint density at radius 3 is 2.61 bits per heavy atom. The Kier molecular flexibility index (Phi) is 7.51. The van der Waals surface area contributed by atoms with Crippen molar-refractivity contribution in [1.29, 1.82) is 0 Å². The van der Waals surface area contributed by atoms with E-state index in [0.717, 1.165) is 74.2 Å². The molecule has 2 aromatic rings. The first kappa shape index (κ1) is 23.9. The number of amides is 2. The first-order chi connectivity index (χ1) is 15.9. The molecule has 2 aromatic heterocycles. The van der Waals surface area contributed by atoms with E-state index in [4.69, 9.17) is 0 Å². The summed E-state index contributed by atoms with van der Waals surface area (Å²) >= 11 is 1.72. The van der Waals surface area contributed by atoms with Crippen LogP contribution in [0.5, 0.6) is 0 Å². The van der Waals surface area contributed by atoms with Crippen LogP contribution in [-0.2, 0) is 9.59 Å². The minimum Gasteiger partial charge on any atom is -0.356 e. The largest absolute Gasteiger partial charge is 0.356 e. The summed E-state index contributed by atoms with van der Waals surface area (Å²) < 4.78 is 0. The third-order valence-corrected chi connectivity index (χ3v) is 8.57. The number of aromatic nitrogens is 2. The monoisotopic (exact) mass is 471 g/mol. The molecule has 0 saturated carbocycles. The summed E-state index contributed by atoms with van der Waals surface area (Å²) in [5.74, 6) is 1.28. The molecule has 0 aromatic carbocycles. The van der Waals surface area contributed by atoms with Gasteiger partial charge in [0.05, 0.1) is 11.3 Å². The van der Waals surface area contributed by atoms with Crippen molar-refractivity contribution in [2.45, 2.75) is 72.3 Å². The van der Waals surface area contributed by atoms with Crippen molar-refractivity contribution < 1.29 is 9.59 Å². The molecule has 0 radical (unpaired) electrons. The van der Waals surface area contributed by atoms with E-state index in [-0.39, 0.29) is 29.7 Å². The van der Waals surface area contributed by atoms with Crippen LogP contribution in [0.2, 0.25) is 0 Å². The van der Waals surface area contributed by atoms with Gasteiger partial charge in [0.25, 0.3) is 0 Å². The van der Waals surface area contributed by atoms with Crippen LogP contribution in [-0.4, -0.2) is 58.9 Å². The molecule has 2 aliphatic rings. The van der Waals surface area contributed by atoms with Crippen LogP contribution in [0.3, 0.4) is 0 Å². The lowest BCUT2D eigenvalue weighted by Gasteiger charge is -2.41. The van der Waals surface area contributed by atoms with Gasteiger partial charge in [-0.25, -0.2) is 9.97 Å². The molecule has 33 heavy (non-hydrogen) atoms. The lowest BCUT2D eigenvalue weighted by molar-refractivity contribution is -0.142. The van der Waals surface area contributed by atoms with Crippen molar-refractivity contribution in [3.8, 4) is 0 Å². The number of carbonyl (C=O) groups is 2. The minimum absolute atomic E-state index is 0.0215. The van der Waals surface area contributed by atoms with Crippen LogP contribution in [0.4, 0.5) is 5.82 Å². The molecule has 4 rings (SSSR count). The van der Waals surface area contributed by atoms with Crippen LogP contribution >= 0.6 is 11.3 Å². The predicted octanol–water partition coefficient (Wildman–Crippen LogP) is 4.07. The number of nitrogens with one attached hydrogen (secondary N) is 1. The third-order valence-electron chi connectivity index (χ3n) is 7.45. The maximum atomic E-state index is 13.5. The van der Waals surface area contributed by atoms with Gasteiger partial charge in [0.2, 0.25) is 11.8 Å². The van der Waals surface area contributed by atoms with Gasteiger partial charge in [-0.2, -0.15) is 0 Å². The number of nitrogens with zero attached hydrogens (tertiary/aromatic N) is 4. The molecule has 0 bridgehead atoms. The first-order valence-electron chi connectivity index (χ1n) is 12.4. The molecule has 2 aliphatic heterocycles. The van der Waals surface area contributed by atoms with Crippen LogP contribution in [0, 0.1) is 25.7 Å². The zero-order chi connectivity index (χ0) is 23.5. The van der Waals surface area contributed by atoms with Gasteiger partial charge >= 0.3 is 0 Å². The SMILES string of the molecule is CCCCNC(=O)C1CCC(C)N(C(=O)C2CCN(c3ncnc4sc(C)c(C)c34)CC2)C1. The van der Waals surface area contributed by atoms with E-state index in [2.05, 4.69) is 47.9 Å². The Labute approximate surface area is 201 Å². The molecular weight excluding hydrogens is 434 g/mol. The number of hydrogen-bond donors (Lipinski definition) is 1. The maximum absolute atomic E-state index is 13.5. The highest BCUT2D eigenvalue weighted by Gasteiger charge is 2.37. The zero-order valence-electron chi connectivity index (χ0n) is 20.4. The van der Waals surface area contributed by atoms with Crippen LogP contribution in [0.15, 0.2) is 6.33 Å². The molecule has 2 fully saturated rings. The smallest absolute Gasteiger partial charge is 0.226 e. The molecule has 4 heterocycles. The van der Waals surface area contributed by atoms with E-state index in [1.165, 1.54) is 10.4 Å². The Bertz CT molecular complexity index is 998. The molecule has 7 nitrogen and oxygen atoms in total. The van der Waals surface area contributed by atoms with Gasteiger partial charge in [-0.15, -0.1) is 11.3 Å². The molecule has 2 atom stereocenters. The number of fused-ring (bicyclic) bond motifs is 1. The van der Waals surface area contributed by atoms with Gasteiger partial charge in [-0.1, -0.05) is 13.3 Å². The number of rotatable bonds is 6. The zero-order valence-corrected chi connectivity index (χ0v) is 21.2. The fourth-order valence-corrected chi connectivity index (χ4v) is 6.13. The van der Waals surface area contributed by atoms with Gasteiger partial charge in [-0.3, -0.25) is 9.59 Å². The van der Waals surface area contributed by atoms with E-state index in [0.29, 0.717) is 6.54 Å². The number of aryl methyl sites for hydroxylation is 2. The van der Waals surface area contributed by atoms with Gasteiger partial charge in [0.1, 0.15) is 17.0 Å². The topological polar surface area (TPSA) is 78.4 Å². The van der Waals surface area contributed by atoms with E-state index >= 15 is 0 Å². The van der Waals surface area contributed by atoms with Crippen molar-refractivity contribution in [3.05, 3.63) is 16.8 Å². The number of thiophene rings is 1. The second-order valence-corrected chi connectivity index (χ2v) is 10.9. The molecule has 2 saturated heterocycles. The van der Waals surface area contributed by atoms with Crippen molar-refractivity contribution >= 4 is 39.2 Å². The fraction of sp³-hybridized carbons (Fsp3) is 0.680. The number of likely N-dealkylation sites (tertiary alicyclic amines) is 1. The number of carbonyl (C=O) groups excluding carboxylic acids is 2. The van der Waals surface area contributed by atoms with Crippen LogP contribution in [0.25, 0.3) is 10.2 Å². The lowest BCUT2D eigenvalue weighted by atomic mass is 9.89. The quantitative estimate of drug-likeness (QED) is 0.643. The summed E-state index contributed by atoms with van der Waals surface area (Å²) in [6, 6.07) is 0.202. The predicted molar refractivity (Wildman–Crippen MR) is 134 cm³/mol. The average molecular weight is 472 g/mol. The summed E-state index contributed by atoms with van der Waals surface area (Å²) in [7, 11) is 0. The number of hydrogen-bond acceptors (Lipinski definition) is 6. The highest BCUT2D eigenvalue weighted by molar-refractivity contribution is 7.18. The highest BCUT2D eigenvalue weighted by Crippen LogP contribution is 2.36. The molecule has 0 spiro atoms. The molecule has 180 valence electrons. The number of anilines is 1. The van der Waals surface area contributed by atoms with E-state index in [1.807, 2.05) is 4.90 Å². The number of piperidine rings is 2. The van der Waals surface area contributed by atoms with Gasteiger partial charge < -0.3 is 15.1 Å².